The van der Waals surface area contributed by atoms with E-state index in [1.54, 1.807) is 18.5 Å². The Bertz CT molecular complexity index is 712. The highest BCUT2D eigenvalue weighted by Gasteiger charge is 2.18. The summed E-state index contributed by atoms with van der Waals surface area (Å²) in [6.45, 7) is 0.390. The van der Waals surface area contributed by atoms with Crippen molar-refractivity contribution in [3.8, 4) is 0 Å². The van der Waals surface area contributed by atoms with E-state index in [2.05, 4.69) is 20.6 Å². The summed E-state index contributed by atoms with van der Waals surface area (Å²) >= 11 is 0. The first-order chi connectivity index (χ1) is 11.7. The number of amides is 2. The summed E-state index contributed by atoms with van der Waals surface area (Å²) < 4.78 is 0. The van der Waals surface area contributed by atoms with Crippen LogP contribution in [0.2, 0.25) is 0 Å². The first kappa shape index (κ1) is 16.1. The van der Waals surface area contributed by atoms with Gasteiger partial charge < -0.3 is 10.6 Å². The smallest absolute Gasteiger partial charge is 0.270 e. The molecule has 6 heteroatoms. The van der Waals surface area contributed by atoms with Crippen LogP contribution in [0.5, 0.6) is 0 Å². The Morgan fingerprint density at radius 1 is 1.04 bits per heavy atom. The van der Waals surface area contributed by atoms with Crippen molar-refractivity contribution in [3.05, 3.63) is 59.7 Å². The van der Waals surface area contributed by atoms with Crippen LogP contribution in [-0.2, 0) is 6.54 Å². The zero-order valence-electron chi connectivity index (χ0n) is 13.4. The van der Waals surface area contributed by atoms with E-state index in [1.165, 1.54) is 12.3 Å². The molecule has 2 N–H and O–H groups in total. The minimum absolute atomic E-state index is 0.146. The molecule has 0 spiro atoms. The number of aromatic nitrogens is 2. The van der Waals surface area contributed by atoms with Gasteiger partial charge in [0, 0.05) is 36.7 Å². The molecule has 0 saturated heterocycles. The summed E-state index contributed by atoms with van der Waals surface area (Å²) in [7, 11) is 0. The van der Waals surface area contributed by atoms with E-state index in [-0.39, 0.29) is 23.6 Å². The van der Waals surface area contributed by atoms with Gasteiger partial charge in [-0.25, -0.2) is 0 Å². The molecule has 1 fully saturated rings. The molecule has 2 heterocycles. The fourth-order valence-electron chi connectivity index (χ4n) is 2.81. The second-order valence-electron chi connectivity index (χ2n) is 5.92. The SMILES string of the molecule is O=C(NC1CCCC1)c1ccnc(C(=O)NCc2ccncc2)c1. The molecule has 6 nitrogen and oxygen atoms in total. The van der Waals surface area contributed by atoms with Crippen LogP contribution in [-0.4, -0.2) is 27.8 Å². The van der Waals surface area contributed by atoms with Crippen LogP contribution in [0.25, 0.3) is 0 Å². The molecule has 2 aromatic rings. The van der Waals surface area contributed by atoms with Crippen molar-refractivity contribution in [1.82, 2.24) is 20.6 Å². The molecule has 1 saturated carbocycles. The fourth-order valence-corrected chi connectivity index (χ4v) is 2.81. The molecule has 0 atom stereocenters. The Hall–Kier alpha value is -2.76. The predicted octanol–water partition coefficient (Wildman–Crippen LogP) is 2.08. The molecule has 2 aromatic heterocycles. The molecule has 2 amide bonds. The highest BCUT2D eigenvalue weighted by molar-refractivity contribution is 5.98. The van der Waals surface area contributed by atoms with Gasteiger partial charge in [0.1, 0.15) is 5.69 Å². The zero-order chi connectivity index (χ0) is 16.8. The lowest BCUT2D eigenvalue weighted by Gasteiger charge is -2.12. The lowest BCUT2D eigenvalue weighted by atomic mass is 10.1. The third kappa shape index (κ3) is 4.16. The van der Waals surface area contributed by atoms with Gasteiger partial charge >= 0.3 is 0 Å². The molecular formula is C18H20N4O2. The van der Waals surface area contributed by atoms with Gasteiger partial charge in [0.2, 0.25) is 0 Å². The number of nitrogens with one attached hydrogen (secondary N) is 2. The number of carbonyl (C=O) groups is 2. The third-order valence-electron chi connectivity index (χ3n) is 4.15. The van der Waals surface area contributed by atoms with Crippen molar-refractivity contribution in [1.29, 1.82) is 0 Å². The molecule has 1 aliphatic carbocycles. The highest BCUT2D eigenvalue weighted by atomic mass is 16.2. The van der Waals surface area contributed by atoms with Crippen LogP contribution in [0.3, 0.4) is 0 Å². The van der Waals surface area contributed by atoms with Gasteiger partial charge in [0.15, 0.2) is 0 Å². The molecule has 1 aliphatic rings. The summed E-state index contributed by atoms with van der Waals surface area (Å²) in [6, 6.07) is 7.07. The fraction of sp³-hybridized carbons (Fsp3) is 0.333. The van der Waals surface area contributed by atoms with Crippen LogP contribution in [0.4, 0.5) is 0 Å². The Labute approximate surface area is 140 Å². The number of hydrogen-bond acceptors (Lipinski definition) is 4. The van der Waals surface area contributed by atoms with Crippen molar-refractivity contribution < 1.29 is 9.59 Å². The van der Waals surface area contributed by atoms with Crippen LogP contribution < -0.4 is 10.6 Å². The lowest BCUT2D eigenvalue weighted by Crippen LogP contribution is -2.33. The van der Waals surface area contributed by atoms with Crippen molar-refractivity contribution in [3.63, 3.8) is 0 Å². The standard InChI is InChI=1S/C18H20N4O2/c23-17(22-15-3-1-2-4-15)14-7-10-20-16(11-14)18(24)21-12-13-5-8-19-9-6-13/h5-11,15H,1-4,12H2,(H,21,24)(H,22,23). The summed E-state index contributed by atoms with van der Waals surface area (Å²) in [4.78, 5) is 32.5. The Kier molecular flexibility index (Phi) is 5.15. The summed E-state index contributed by atoms with van der Waals surface area (Å²) in [5.41, 5.74) is 1.66. The Balaban J connectivity index is 1.61. The summed E-state index contributed by atoms with van der Waals surface area (Å²) in [5.74, 6) is -0.449. The molecular weight excluding hydrogens is 304 g/mol. The van der Waals surface area contributed by atoms with E-state index in [0.29, 0.717) is 12.1 Å². The quantitative estimate of drug-likeness (QED) is 0.882. The van der Waals surface area contributed by atoms with Crippen LogP contribution in [0.15, 0.2) is 42.9 Å². The van der Waals surface area contributed by atoms with Gasteiger partial charge in [-0.2, -0.15) is 0 Å². The van der Waals surface area contributed by atoms with E-state index in [9.17, 15) is 9.59 Å². The number of carbonyl (C=O) groups excluding carboxylic acids is 2. The van der Waals surface area contributed by atoms with Gasteiger partial charge in [0.25, 0.3) is 11.8 Å². The third-order valence-corrected chi connectivity index (χ3v) is 4.15. The number of pyridine rings is 2. The molecule has 0 bridgehead atoms. The molecule has 3 rings (SSSR count). The first-order valence-corrected chi connectivity index (χ1v) is 8.16. The van der Waals surface area contributed by atoms with Gasteiger partial charge in [-0.3, -0.25) is 19.6 Å². The Morgan fingerprint density at radius 2 is 1.79 bits per heavy atom. The molecule has 0 radical (unpaired) electrons. The predicted molar refractivity (Wildman–Crippen MR) is 89.4 cm³/mol. The maximum Gasteiger partial charge on any atom is 0.270 e. The Morgan fingerprint density at radius 3 is 2.54 bits per heavy atom. The monoisotopic (exact) mass is 324 g/mol. The lowest BCUT2D eigenvalue weighted by molar-refractivity contribution is 0.0937. The average Bonchev–Trinajstić information content (AvgIpc) is 3.13. The first-order valence-electron chi connectivity index (χ1n) is 8.16. The van der Waals surface area contributed by atoms with Crippen molar-refractivity contribution >= 4 is 11.8 Å². The van der Waals surface area contributed by atoms with Crippen molar-refractivity contribution in [2.45, 2.75) is 38.3 Å². The van der Waals surface area contributed by atoms with Crippen LogP contribution >= 0.6 is 0 Å². The second-order valence-corrected chi connectivity index (χ2v) is 5.92. The zero-order valence-corrected chi connectivity index (χ0v) is 13.4. The molecule has 0 aromatic carbocycles. The molecule has 0 aliphatic heterocycles. The minimum atomic E-state index is -0.303. The van der Waals surface area contributed by atoms with Crippen LogP contribution in [0, 0.1) is 0 Å². The second kappa shape index (κ2) is 7.68. The van der Waals surface area contributed by atoms with Gasteiger partial charge in [0.05, 0.1) is 0 Å². The maximum atomic E-state index is 12.3. The summed E-state index contributed by atoms with van der Waals surface area (Å²) in [6.07, 6.45) is 9.20. The number of rotatable bonds is 5. The largest absolute Gasteiger partial charge is 0.349 e. The topological polar surface area (TPSA) is 84.0 Å². The van der Waals surface area contributed by atoms with E-state index < -0.39 is 0 Å². The molecule has 24 heavy (non-hydrogen) atoms. The molecule has 124 valence electrons. The van der Waals surface area contributed by atoms with E-state index in [4.69, 9.17) is 0 Å². The van der Waals surface area contributed by atoms with Crippen molar-refractivity contribution in [2.24, 2.45) is 0 Å². The van der Waals surface area contributed by atoms with E-state index in [0.717, 1.165) is 31.2 Å². The van der Waals surface area contributed by atoms with Crippen molar-refractivity contribution in [2.75, 3.05) is 0 Å². The average molecular weight is 324 g/mol. The maximum absolute atomic E-state index is 12.3. The number of nitrogens with zero attached hydrogens (tertiary/aromatic N) is 2. The highest BCUT2D eigenvalue weighted by Crippen LogP contribution is 2.18. The van der Waals surface area contributed by atoms with Crippen LogP contribution in [0.1, 0.15) is 52.1 Å². The minimum Gasteiger partial charge on any atom is -0.349 e. The summed E-state index contributed by atoms with van der Waals surface area (Å²) in [5, 5.41) is 5.81. The number of hydrogen-bond donors (Lipinski definition) is 2. The van der Waals surface area contributed by atoms with E-state index >= 15 is 0 Å². The molecule has 0 unspecified atom stereocenters. The van der Waals surface area contributed by atoms with Gasteiger partial charge in [-0.1, -0.05) is 12.8 Å². The van der Waals surface area contributed by atoms with E-state index in [1.807, 2.05) is 12.1 Å². The normalized spacial score (nSPS) is 14.3. The van der Waals surface area contributed by atoms with Gasteiger partial charge in [-0.15, -0.1) is 0 Å². The van der Waals surface area contributed by atoms with Gasteiger partial charge in [-0.05, 0) is 42.7 Å².